The Morgan fingerprint density at radius 3 is 1.93 bits per heavy atom. The summed E-state index contributed by atoms with van der Waals surface area (Å²) in [6.45, 7) is 3.08. The van der Waals surface area contributed by atoms with Gasteiger partial charge in [-0.1, -0.05) is 70.4 Å². The highest BCUT2D eigenvalue weighted by atomic mass is 16.6. The first-order valence-electron chi connectivity index (χ1n) is 11.2. The van der Waals surface area contributed by atoms with Crippen molar-refractivity contribution in [2.24, 2.45) is 0 Å². The largest absolute Gasteiger partial charge is 0.462 e. The number of carbonyl (C=O) groups excluding carboxylic acids is 2. The van der Waals surface area contributed by atoms with Crippen LogP contribution in [-0.4, -0.2) is 36.4 Å². The molecule has 0 heterocycles. The second-order valence-electron chi connectivity index (χ2n) is 7.43. The van der Waals surface area contributed by atoms with Gasteiger partial charge in [-0.3, -0.25) is 9.59 Å². The van der Waals surface area contributed by atoms with Gasteiger partial charge in [-0.25, -0.2) is 0 Å². The molecule has 5 nitrogen and oxygen atoms in total. The third-order valence-corrected chi connectivity index (χ3v) is 4.61. The molecule has 0 bridgehead atoms. The predicted octanol–water partition coefficient (Wildman–Crippen LogP) is 5.49. The van der Waals surface area contributed by atoms with Gasteiger partial charge in [-0.05, 0) is 32.1 Å². The van der Waals surface area contributed by atoms with Crippen molar-refractivity contribution in [3.63, 3.8) is 0 Å². The van der Waals surface area contributed by atoms with Gasteiger partial charge in [-0.15, -0.1) is 0 Å². The van der Waals surface area contributed by atoms with E-state index in [1.165, 1.54) is 64.7 Å². The van der Waals surface area contributed by atoms with Gasteiger partial charge in [0, 0.05) is 13.3 Å². The van der Waals surface area contributed by atoms with Gasteiger partial charge in [0.05, 0.1) is 6.61 Å². The Hall–Kier alpha value is -1.36. The van der Waals surface area contributed by atoms with Crippen molar-refractivity contribution in [1.82, 2.24) is 0 Å². The van der Waals surface area contributed by atoms with Gasteiger partial charge < -0.3 is 14.6 Å². The maximum absolute atomic E-state index is 11.6. The zero-order valence-corrected chi connectivity index (χ0v) is 18.1. The summed E-state index contributed by atoms with van der Waals surface area (Å²) >= 11 is 0. The fourth-order valence-electron chi connectivity index (χ4n) is 2.96. The van der Waals surface area contributed by atoms with Gasteiger partial charge in [0.25, 0.3) is 0 Å². The zero-order valence-electron chi connectivity index (χ0n) is 18.1. The summed E-state index contributed by atoms with van der Waals surface area (Å²) in [4.78, 5) is 22.4. The summed E-state index contributed by atoms with van der Waals surface area (Å²) in [5, 5.41) is 9.03. The summed E-state index contributed by atoms with van der Waals surface area (Å²) in [5.41, 5.74) is 0. The SMILES string of the molecule is CCCCCCCC/C=C/CCCCCCCC(=O)OCC(CO)OC(C)=O. The first kappa shape index (κ1) is 26.6. The van der Waals surface area contributed by atoms with E-state index in [2.05, 4.69) is 19.1 Å². The molecule has 0 aliphatic carbocycles. The Morgan fingerprint density at radius 1 is 0.857 bits per heavy atom. The minimum atomic E-state index is -0.768. The number of hydrogen-bond acceptors (Lipinski definition) is 5. The topological polar surface area (TPSA) is 72.8 Å². The van der Waals surface area contributed by atoms with Gasteiger partial charge in [0.2, 0.25) is 0 Å². The molecular weight excluding hydrogens is 356 g/mol. The van der Waals surface area contributed by atoms with Crippen LogP contribution in [0, 0.1) is 0 Å². The van der Waals surface area contributed by atoms with Crippen LogP contribution in [0.2, 0.25) is 0 Å². The number of unbranched alkanes of at least 4 members (excludes halogenated alkanes) is 11. The van der Waals surface area contributed by atoms with E-state index in [-0.39, 0.29) is 19.2 Å². The quantitative estimate of drug-likeness (QED) is 0.177. The highest BCUT2D eigenvalue weighted by molar-refractivity contribution is 5.69. The lowest BCUT2D eigenvalue weighted by molar-refractivity contribution is -0.159. The molecule has 5 heteroatoms. The molecule has 1 N–H and O–H groups in total. The highest BCUT2D eigenvalue weighted by Gasteiger charge is 2.13. The molecule has 1 unspecified atom stereocenters. The number of ether oxygens (including phenoxy) is 2. The first-order valence-corrected chi connectivity index (χ1v) is 11.2. The molecule has 0 amide bonds. The van der Waals surface area contributed by atoms with Crippen molar-refractivity contribution in [2.45, 2.75) is 110 Å². The minimum absolute atomic E-state index is 0.0833. The lowest BCUT2D eigenvalue weighted by Crippen LogP contribution is -2.27. The number of aliphatic hydroxyl groups is 1. The summed E-state index contributed by atoms with van der Waals surface area (Å²) in [7, 11) is 0. The predicted molar refractivity (Wildman–Crippen MR) is 113 cm³/mol. The van der Waals surface area contributed by atoms with E-state index in [1.54, 1.807) is 0 Å². The average Bonchev–Trinajstić information content (AvgIpc) is 2.67. The Bertz CT molecular complexity index is 406. The van der Waals surface area contributed by atoms with Crippen molar-refractivity contribution in [3.05, 3.63) is 12.2 Å². The van der Waals surface area contributed by atoms with E-state index < -0.39 is 12.1 Å². The van der Waals surface area contributed by atoms with Gasteiger partial charge in [0.1, 0.15) is 6.61 Å². The number of hydrogen-bond donors (Lipinski definition) is 1. The van der Waals surface area contributed by atoms with E-state index >= 15 is 0 Å². The average molecular weight is 399 g/mol. The number of carbonyl (C=O) groups is 2. The molecule has 0 saturated carbocycles. The monoisotopic (exact) mass is 398 g/mol. The second-order valence-corrected chi connectivity index (χ2v) is 7.43. The molecule has 0 fully saturated rings. The van der Waals surface area contributed by atoms with E-state index in [4.69, 9.17) is 14.6 Å². The Kier molecular flexibility index (Phi) is 19.4. The summed E-state index contributed by atoms with van der Waals surface area (Å²) in [5.74, 6) is -0.796. The molecule has 0 radical (unpaired) electrons. The number of allylic oxidation sites excluding steroid dienone is 2. The van der Waals surface area contributed by atoms with Crippen LogP contribution in [0.3, 0.4) is 0 Å². The van der Waals surface area contributed by atoms with Gasteiger partial charge in [-0.2, -0.15) is 0 Å². The van der Waals surface area contributed by atoms with Crippen LogP contribution < -0.4 is 0 Å². The molecule has 0 aromatic rings. The summed E-state index contributed by atoms with van der Waals surface area (Å²) in [6, 6.07) is 0. The van der Waals surface area contributed by atoms with E-state index in [1.807, 2.05) is 0 Å². The maximum Gasteiger partial charge on any atom is 0.305 e. The van der Waals surface area contributed by atoms with E-state index in [0.29, 0.717) is 6.42 Å². The molecule has 0 rings (SSSR count). The lowest BCUT2D eigenvalue weighted by atomic mass is 10.1. The standard InChI is InChI=1S/C23H42O5/c1-3-4-5-6-7-8-9-10-11-12-13-14-15-16-17-18-23(26)27-20-22(19-24)28-21(2)25/h10-11,22,24H,3-9,12-20H2,1-2H3/b11-10+. The van der Waals surface area contributed by atoms with Crippen LogP contribution >= 0.6 is 0 Å². The van der Waals surface area contributed by atoms with Gasteiger partial charge in [0.15, 0.2) is 6.10 Å². The summed E-state index contributed by atoms with van der Waals surface area (Å²) < 4.78 is 9.84. The molecule has 0 aliphatic rings. The molecule has 1 atom stereocenters. The number of rotatable bonds is 19. The van der Waals surface area contributed by atoms with Crippen LogP contribution in [0.4, 0.5) is 0 Å². The Labute approximate surface area is 171 Å². The number of aliphatic hydroxyl groups excluding tert-OH is 1. The third-order valence-electron chi connectivity index (χ3n) is 4.61. The number of esters is 2. The molecule has 164 valence electrons. The van der Waals surface area contributed by atoms with Crippen molar-refractivity contribution in [2.75, 3.05) is 13.2 Å². The fourth-order valence-corrected chi connectivity index (χ4v) is 2.96. The lowest BCUT2D eigenvalue weighted by Gasteiger charge is -2.14. The van der Waals surface area contributed by atoms with Crippen LogP contribution in [0.15, 0.2) is 12.2 Å². The maximum atomic E-state index is 11.6. The highest BCUT2D eigenvalue weighted by Crippen LogP contribution is 2.10. The van der Waals surface area contributed by atoms with E-state index in [9.17, 15) is 9.59 Å². The minimum Gasteiger partial charge on any atom is -0.462 e. The smallest absolute Gasteiger partial charge is 0.305 e. The van der Waals surface area contributed by atoms with Crippen LogP contribution in [-0.2, 0) is 19.1 Å². The zero-order chi connectivity index (χ0) is 20.9. The van der Waals surface area contributed by atoms with Crippen molar-refractivity contribution >= 4 is 11.9 Å². The van der Waals surface area contributed by atoms with Crippen molar-refractivity contribution < 1.29 is 24.2 Å². The fraction of sp³-hybridized carbons (Fsp3) is 0.826. The normalized spacial score (nSPS) is 12.2. The van der Waals surface area contributed by atoms with Gasteiger partial charge >= 0.3 is 11.9 Å². The molecule has 28 heavy (non-hydrogen) atoms. The van der Waals surface area contributed by atoms with Crippen molar-refractivity contribution in [3.8, 4) is 0 Å². The Morgan fingerprint density at radius 2 is 1.39 bits per heavy atom. The third kappa shape index (κ3) is 19.4. The van der Waals surface area contributed by atoms with Crippen LogP contribution in [0.5, 0.6) is 0 Å². The first-order chi connectivity index (χ1) is 13.6. The Balaban J connectivity index is 3.39. The van der Waals surface area contributed by atoms with Crippen LogP contribution in [0.25, 0.3) is 0 Å². The van der Waals surface area contributed by atoms with Crippen LogP contribution in [0.1, 0.15) is 104 Å². The molecule has 0 aromatic heterocycles. The van der Waals surface area contributed by atoms with Crippen molar-refractivity contribution in [1.29, 1.82) is 0 Å². The molecular formula is C23H42O5. The molecule has 0 spiro atoms. The van der Waals surface area contributed by atoms with E-state index in [0.717, 1.165) is 25.7 Å². The molecule has 0 saturated heterocycles. The molecule has 0 aromatic carbocycles. The molecule has 0 aliphatic heterocycles. The summed E-state index contributed by atoms with van der Waals surface area (Å²) in [6.07, 6.45) is 20.1. The second kappa shape index (κ2) is 20.4.